The smallest absolute Gasteiger partial charge is 0.145 e. The summed E-state index contributed by atoms with van der Waals surface area (Å²) in [7, 11) is 0. The average Bonchev–Trinajstić information content (AvgIpc) is 3.52. The Morgan fingerprint density at radius 3 is 2.39 bits per heavy atom. The van der Waals surface area contributed by atoms with Crippen LogP contribution >= 0.6 is 0 Å². The van der Waals surface area contributed by atoms with Crippen molar-refractivity contribution in [1.29, 1.82) is 0 Å². The van der Waals surface area contributed by atoms with E-state index in [1.165, 1.54) is 5.39 Å². The van der Waals surface area contributed by atoms with Crippen LogP contribution in [0.4, 0.5) is 0 Å². The molecule has 4 nitrogen and oxygen atoms in total. The highest BCUT2D eigenvalue weighted by atomic mass is 16.5. The molecule has 5 aromatic rings. The van der Waals surface area contributed by atoms with E-state index in [1.807, 2.05) is 24.3 Å². The quantitative estimate of drug-likeness (QED) is 0.361. The van der Waals surface area contributed by atoms with Crippen LogP contribution in [0, 0.1) is 0 Å². The maximum Gasteiger partial charge on any atom is 0.145 e. The molecule has 0 unspecified atom stereocenters. The van der Waals surface area contributed by atoms with Crippen molar-refractivity contribution in [3.8, 4) is 17.1 Å². The first-order chi connectivity index (χ1) is 15.3. The molecular formula is C27H25N3O. The molecule has 0 aliphatic heterocycles. The van der Waals surface area contributed by atoms with Gasteiger partial charge in [-0.3, -0.25) is 0 Å². The molecule has 31 heavy (non-hydrogen) atoms. The third-order valence-electron chi connectivity index (χ3n) is 5.32. The Bertz CT molecular complexity index is 1390. The fourth-order valence-electron chi connectivity index (χ4n) is 3.79. The number of H-pyrrole nitrogens is 3. The number of ether oxygens (including phenoxy) is 1. The lowest BCUT2D eigenvalue weighted by Gasteiger charge is -2.05. The number of nitrogens with one attached hydrogen (secondary N) is 3. The molecule has 0 aliphatic carbocycles. The third-order valence-corrected chi connectivity index (χ3v) is 5.32. The number of rotatable bonds is 6. The normalized spacial score (nSPS) is 12.7. The summed E-state index contributed by atoms with van der Waals surface area (Å²) in [5.41, 5.74) is 5.24. The van der Waals surface area contributed by atoms with Gasteiger partial charge in [-0.1, -0.05) is 61.5 Å². The Morgan fingerprint density at radius 1 is 0.774 bits per heavy atom. The second-order valence-electron chi connectivity index (χ2n) is 7.63. The van der Waals surface area contributed by atoms with Crippen LogP contribution in [-0.4, -0.2) is 15.0 Å². The number of fused-ring (bicyclic) bond motifs is 1. The van der Waals surface area contributed by atoms with Gasteiger partial charge in [-0.15, -0.1) is 0 Å². The van der Waals surface area contributed by atoms with Crippen LogP contribution in [0.15, 0.2) is 78.9 Å². The topological polar surface area (TPSA) is 56.6 Å². The fourth-order valence-corrected chi connectivity index (χ4v) is 3.79. The van der Waals surface area contributed by atoms with Gasteiger partial charge in [0.25, 0.3) is 0 Å². The first kappa shape index (κ1) is 19.1. The second-order valence-corrected chi connectivity index (χ2v) is 7.63. The summed E-state index contributed by atoms with van der Waals surface area (Å²) in [6, 6.07) is 27.0. The zero-order valence-corrected chi connectivity index (χ0v) is 17.5. The minimum atomic E-state index is 0.519. The molecule has 3 aromatic heterocycles. The lowest BCUT2D eigenvalue weighted by atomic mass is 10.2. The molecule has 2 aromatic carbocycles. The molecule has 0 spiro atoms. The van der Waals surface area contributed by atoms with Gasteiger partial charge >= 0.3 is 0 Å². The standard InChI is InChI=1S/C27H25N3O/c1-2-8-21-13-14-22(28-21)16-26-27(31-18-19-9-4-3-5-10-19)17-25(30-26)24-15-20-11-6-7-12-23(20)29-24/h3-17,28-30H,2,18H2,1H3. The Balaban J connectivity index is 1.54. The summed E-state index contributed by atoms with van der Waals surface area (Å²) < 4.78 is 6.23. The molecule has 0 fully saturated rings. The minimum absolute atomic E-state index is 0.519. The molecule has 0 amide bonds. The number of benzene rings is 2. The SMILES string of the molecule is CCC=c1ccc(=Cc2[nH]c(-c3cc4ccccc4[nH]3)cc2OCc2ccccc2)[nH]1. The zero-order chi connectivity index (χ0) is 21.0. The fraction of sp³-hybridized carbons (Fsp3) is 0.111. The van der Waals surface area contributed by atoms with E-state index in [2.05, 4.69) is 88.6 Å². The van der Waals surface area contributed by atoms with Gasteiger partial charge in [0.15, 0.2) is 0 Å². The third kappa shape index (κ3) is 4.19. The van der Waals surface area contributed by atoms with E-state index in [9.17, 15) is 0 Å². The van der Waals surface area contributed by atoms with Gasteiger partial charge in [0.05, 0.1) is 17.1 Å². The van der Waals surface area contributed by atoms with E-state index < -0.39 is 0 Å². The van der Waals surface area contributed by atoms with Crippen LogP contribution in [0.25, 0.3) is 34.4 Å². The highest BCUT2D eigenvalue weighted by Crippen LogP contribution is 2.30. The highest BCUT2D eigenvalue weighted by Gasteiger charge is 2.12. The molecule has 5 rings (SSSR count). The molecule has 3 N–H and O–H groups in total. The summed E-state index contributed by atoms with van der Waals surface area (Å²) in [6.45, 7) is 2.66. The lowest BCUT2D eigenvalue weighted by Crippen LogP contribution is -2.09. The number of para-hydroxylation sites is 1. The summed E-state index contributed by atoms with van der Waals surface area (Å²) >= 11 is 0. The maximum absolute atomic E-state index is 6.23. The molecule has 0 saturated carbocycles. The molecule has 4 heteroatoms. The van der Waals surface area contributed by atoms with Gasteiger partial charge in [0.1, 0.15) is 12.4 Å². The van der Waals surface area contributed by atoms with Crippen LogP contribution in [0.1, 0.15) is 24.6 Å². The predicted octanol–water partition coefficient (Wildman–Crippen LogP) is 5.09. The van der Waals surface area contributed by atoms with Crippen LogP contribution in [0.2, 0.25) is 0 Å². The largest absolute Gasteiger partial charge is 0.487 e. The number of hydrogen-bond acceptors (Lipinski definition) is 1. The van der Waals surface area contributed by atoms with Gasteiger partial charge in [-0.2, -0.15) is 0 Å². The molecule has 0 saturated heterocycles. The van der Waals surface area contributed by atoms with E-state index in [-0.39, 0.29) is 0 Å². The number of hydrogen-bond donors (Lipinski definition) is 3. The maximum atomic E-state index is 6.23. The van der Waals surface area contributed by atoms with Crippen molar-refractivity contribution in [2.75, 3.05) is 0 Å². The van der Waals surface area contributed by atoms with Gasteiger partial charge < -0.3 is 19.7 Å². The van der Waals surface area contributed by atoms with E-state index in [1.54, 1.807) is 0 Å². The van der Waals surface area contributed by atoms with Gasteiger partial charge in [0.2, 0.25) is 0 Å². The van der Waals surface area contributed by atoms with Crippen molar-refractivity contribution < 1.29 is 4.74 Å². The van der Waals surface area contributed by atoms with Gasteiger partial charge in [0, 0.05) is 27.7 Å². The monoisotopic (exact) mass is 407 g/mol. The molecule has 154 valence electrons. The van der Waals surface area contributed by atoms with Crippen LogP contribution in [0.3, 0.4) is 0 Å². The Labute approximate surface area is 180 Å². The van der Waals surface area contributed by atoms with Crippen LogP contribution in [0.5, 0.6) is 5.75 Å². The van der Waals surface area contributed by atoms with Crippen molar-refractivity contribution in [2.24, 2.45) is 0 Å². The van der Waals surface area contributed by atoms with E-state index in [0.29, 0.717) is 6.61 Å². The first-order valence-electron chi connectivity index (χ1n) is 10.6. The van der Waals surface area contributed by atoms with E-state index >= 15 is 0 Å². The average molecular weight is 408 g/mol. The molecule has 0 bridgehead atoms. The van der Waals surface area contributed by atoms with E-state index in [4.69, 9.17) is 4.74 Å². The summed E-state index contributed by atoms with van der Waals surface area (Å²) in [6.07, 6.45) is 5.27. The van der Waals surface area contributed by atoms with Crippen LogP contribution in [-0.2, 0) is 6.61 Å². The molecule has 0 atom stereocenters. The molecule has 0 aliphatic rings. The summed E-state index contributed by atoms with van der Waals surface area (Å²) in [5, 5.41) is 3.35. The second kappa shape index (κ2) is 8.44. The lowest BCUT2D eigenvalue weighted by molar-refractivity contribution is 0.306. The zero-order valence-electron chi connectivity index (χ0n) is 17.5. The molecule has 0 radical (unpaired) electrons. The number of aromatic amines is 3. The minimum Gasteiger partial charge on any atom is -0.487 e. The first-order valence-corrected chi connectivity index (χ1v) is 10.6. The van der Waals surface area contributed by atoms with Crippen molar-refractivity contribution in [2.45, 2.75) is 20.0 Å². The van der Waals surface area contributed by atoms with Crippen molar-refractivity contribution in [1.82, 2.24) is 15.0 Å². The van der Waals surface area contributed by atoms with E-state index in [0.717, 1.165) is 51.0 Å². The Kier molecular flexibility index (Phi) is 5.19. The predicted molar refractivity (Wildman–Crippen MR) is 127 cm³/mol. The molecule has 3 heterocycles. The van der Waals surface area contributed by atoms with Crippen molar-refractivity contribution >= 4 is 23.1 Å². The van der Waals surface area contributed by atoms with Gasteiger partial charge in [-0.25, -0.2) is 0 Å². The Morgan fingerprint density at radius 2 is 1.55 bits per heavy atom. The summed E-state index contributed by atoms with van der Waals surface area (Å²) in [5.74, 6) is 0.827. The summed E-state index contributed by atoms with van der Waals surface area (Å²) in [4.78, 5) is 10.5. The van der Waals surface area contributed by atoms with Crippen molar-refractivity contribution in [3.63, 3.8) is 0 Å². The Hall–Kier alpha value is -3.92. The number of aromatic nitrogens is 3. The van der Waals surface area contributed by atoms with Crippen LogP contribution < -0.4 is 15.4 Å². The highest BCUT2D eigenvalue weighted by molar-refractivity contribution is 5.85. The molecular weight excluding hydrogens is 382 g/mol. The van der Waals surface area contributed by atoms with Crippen molar-refractivity contribution in [3.05, 3.63) is 101 Å². The van der Waals surface area contributed by atoms with Gasteiger partial charge in [-0.05, 0) is 42.3 Å².